The van der Waals surface area contributed by atoms with Crippen LogP contribution in [-0.4, -0.2) is 60.2 Å². The second kappa shape index (κ2) is 9.44. The number of aryl methyl sites for hydroxylation is 2. The van der Waals surface area contributed by atoms with Crippen LogP contribution in [0.4, 0.5) is 9.52 Å². The summed E-state index contributed by atoms with van der Waals surface area (Å²) < 4.78 is 20.3. The molecule has 1 aliphatic rings. The van der Waals surface area contributed by atoms with Gasteiger partial charge in [0.1, 0.15) is 16.2 Å². The SMILES string of the molecule is Cc1nc(C)c(C(=O)N(CCN2CCOCC2)c2nc3c(F)cccc3s2)s1.Cl. The van der Waals surface area contributed by atoms with Gasteiger partial charge in [-0.05, 0) is 26.0 Å². The largest absolute Gasteiger partial charge is 0.379 e. The summed E-state index contributed by atoms with van der Waals surface area (Å²) in [5, 5.41) is 1.37. The van der Waals surface area contributed by atoms with Crippen LogP contribution < -0.4 is 4.90 Å². The first-order valence-electron chi connectivity index (χ1n) is 9.14. The van der Waals surface area contributed by atoms with Crippen LogP contribution in [0.3, 0.4) is 0 Å². The summed E-state index contributed by atoms with van der Waals surface area (Å²) >= 11 is 2.72. The van der Waals surface area contributed by atoms with Gasteiger partial charge in [-0.2, -0.15) is 0 Å². The molecule has 3 heterocycles. The second-order valence-corrected chi connectivity index (χ2v) is 8.85. The Morgan fingerprint density at radius 2 is 2.00 bits per heavy atom. The first kappa shape index (κ1) is 22.0. The van der Waals surface area contributed by atoms with Crippen molar-refractivity contribution in [3.05, 3.63) is 39.6 Å². The molecule has 0 unspecified atom stereocenters. The van der Waals surface area contributed by atoms with Crippen molar-refractivity contribution >= 4 is 56.3 Å². The van der Waals surface area contributed by atoms with Gasteiger partial charge in [-0.1, -0.05) is 17.4 Å². The van der Waals surface area contributed by atoms with Gasteiger partial charge in [0.25, 0.3) is 5.91 Å². The number of carbonyl (C=O) groups is 1. The quantitative estimate of drug-likeness (QED) is 0.582. The predicted molar refractivity (Wildman–Crippen MR) is 117 cm³/mol. The number of morpholine rings is 1. The van der Waals surface area contributed by atoms with Crippen molar-refractivity contribution in [3.63, 3.8) is 0 Å². The number of para-hydroxylation sites is 1. The van der Waals surface area contributed by atoms with E-state index in [9.17, 15) is 9.18 Å². The molecule has 4 rings (SSSR count). The Morgan fingerprint density at radius 1 is 1.24 bits per heavy atom. The molecule has 0 aliphatic carbocycles. The van der Waals surface area contributed by atoms with Gasteiger partial charge < -0.3 is 4.74 Å². The molecule has 29 heavy (non-hydrogen) atoms. The van der Waals surface area contributed by atoms with Gasteiger partial charge >= 0.3 is 0 Å². The number of benzene rings is 1. The molecule has 156 valence electrons. The van der Waals surface area contributed by atoms with Gasteiger partial charge in [0.15, 0.2) is 5.13 Å². The van der Waals surface area contributed by atoms with Gasteiger partial charge in [-0.25, -0.2) is 14.4 Å². The van der Waals surface area contributed by atoms with E-state index in [2.05, 4.69) is 14.9 Å². The van der Waals surface area contributed by atoms with E-state index in [0.29, 0.717) is 41.8 Å². The van der Waals surface area contributed by atoms with Gasteiger partial charge in [-0.3, -0.25) is 14.6 Å². The fourth-order valence-electron chi connectivity index (χ4n) is 3.22. The van der Waals surface area contributed by atoms with Crippen LogP contribution in [0.25, 0.3) is 10.2 Å². The molecule has 0 radical (unpaired) electrons. The summed E-state index contributed by atoms with van der Waals surface area (Å²) in [4.78, 5) is 26.7. The Bertz CT molecular complexity index is 1000. The molecule has 1 amide bonds. The molecular weight excluding hydrogens is 435 g/mol. The van der Waals surface area contributed by atoms with E-state index < -0.39 is 0 Å². The van der Waals surface area contributed by atoms with Crippen LogP contribution in [0.1, 0.15) is 20.4 Å². The lowest BCUT2D eigenvalue weighted by atomic mass is 10.3. The van der Waals surface area contributed by atoms with Crippen LogP contribution in [-0.2, 0) is 4.74 Å². The number of anilines is 1. The number of fused-ring (bicyclic) bond motifs is 1. The number of halogens is 2. The van der Waals surface area contributed by atoms with Crippen molar-refractivity contribution in [2.24, 2.45) is 0 Å². The smallest absolute Gasteiger partial charge is 0.272 e. The molecule has 1 fully saturated rings. The zero-order chi connectivity index (χ0) is 19.7. The number of ether oxygens (including phenoxy) is 1. The van der Waals surface area contributed by atoms with Crippen LogP contribution in [0.15, 0.2) is 18.2 Å². The minimum Gasteiger partial charge on any atom is -0.379 e. The van der Waals surface area contributed by atoms with E-state index in [1.165, 1.54) is 28.7 Å². The lowest BCUT2D eigenvalue weighted by Gasteiger charge is -2.29. The topological polar surface area (TPSA) is 58.6 Å². The molecule has 3 aromatic rings. The first-order chi connectivity index (χ1) is 13.5. The maximum atomic E-state index is 14.1. The Hall–Kier alpha value is -1.65. The molecule has 1 aromatic carbocycles. The molecule has 0 bridgehead atoms. The molecule has 1 aliphatic heterocycles. The lowest BCUT2D eigenvalue weighted by molar-refractivity contribution is 0.0391. The molecule has 1 saturated heterocycles. The molecule has 2 aromatic heterocycles. The number of carbonyl (C=O) groups excluding carboxylic acids is 1. The molecular formula is C19H22ClFN4O2S2. The minimum absolute atomic E-state index is 0. The Kier molecular flexibility index (Phi) is 7.18. The average molecular weight is 457 g/mol. The highest BCUT2D eigenvalue weighted by Crippen LogP contribution is 2.32. The lowest BCUT2D eigenvalue weighted by Crippen LogP contribution is -2.43. The number of nitrogens with zero attached hydrogens (tertiary/aromatic N) is 4. The van der Waals surface area contributed by atoms with Gasteiger partial charge in [0.05, 0.1) is 28.6 Å². The fourth-order valence-corrected chi connectivity index (χ4v) is 5.09. The van der Waals surface area contributed by atoms with Crippen molar-refractivity contribution < 1.29 is 13.9 Å². The van der Waals surface area contributed by atoms with Crippen molar-refractivity contribution in [1.82, 2.24) is 14.9 Å². The summed E-state index contributed by atoms with van der Waals surface area (Å²) in [7, 11) is 0. The summed E-state index contributed by atoms with van der Waals surface area (Å²) in [5.74, 6) is -0.499. The first-order valence-corrected chi connectivity index (χ1v) is 10.8. The third-order valence-corrected chi connectivity index (χ3v) is 6.78. The van der Waals surface area contributed by atoms with Crippen molar-refractivity contribution in [2.45, 2.75) is 13.8 Å². The Labute approximate surface area is 182 Å². The van der Waals surface area contributed by atoms with Crippen molar-refractivity contribution in [2.75, 3.05) is 44.3 Å². The highest BCUT2D eigenvalue weighted by atomic mass is 35.5. The Balaban J connectivity index is 0.00000240. The molecule has 0 spiro atoms. The third kappa shape index (κ3) is 4.75. The summed E-state index contributed by atoms with van der Waals surface area (Å²) in [5.41, 5.74) is 1.03. The number of hydrogen-bond donors (Lipinski definition) is 0. The van der Waals surface area contributed by atoms with Crippen LogP contribution in [0.2, 0.25) is 0 Å². The maximum absolute atomic E-state index is 14.1. The molecule has 6 nitrogen and oxygen atoms in total. The van der Waals surface area contributed by atoms with Crippen molar-refractivity contribution in [1.29, 1.82) is 0 Å². The molecule has 0 atom stereocenters. The Morgan fingerprint density at radius 3 is 2.66 bits per heavy atom. The number of amides is 1. The standard InChI is InChI=1S/C19H21FN4O2S2.ClH/c1-12-17(27-13(2)21-12)18(25)24(7-6-23-8-10-26-11-9-23)19-22-16-14(20)4-3-5-15(16)28-19;/h3-5H,6-11H2,1-2H3;1H. The van der Waals surface area contributed by atoms with Gasteiger partial charge in [0.2, 0.25) is 0 Å². The zero-order valence-corrected chi connectivity index (χ0v) is 18.6. The fraction of sp³-hybridized carbons (Fsp3) is 0.421. The minimum atomic E-state index is -0.370. The van der Waals surface area contributed by atoms with Crippen molar-refractivity contribution in [3.8, 4) is 0 Å². The van der Waals surface area contributed by atoms with E-state index in [4.69, 9.17) is 4.74 Å². The summed E-state index contributed by atoms with van der Waals surface area (Å²) in [6, 6.07) is 4.88. The maximum Gasteiger partial charge on any atom is 0.272 e. The molecule has 0 N–H and O–H groups in total. The van der Waals surface area contributed by atoms with E-state index >= 15 is 0 Å². The van der Waals surface area contributed by atoms with Gasteiger partial charge in [-0.15, -0.1) is 23.7 Å². The number of aromatic nitrogens is 2. The zero-order valence-electron chi connectivity index (χ0n) is 16.2. The molecule has 0 saturated carbocycles. The average Bonchev–Trinajstić information content (AvgIpc) is 3.26. The number of hydrogen-bond acceptors (Lipinski definition) is 7. The summed E-state index contributed by atoms with van der Waals surface area (Å²) in [6.45, 7) is 8.01. The highest BCUT2D eigenvalue weighted by Gasteiger charge is 2.26. The molecule has 10 heteroatoms. The normalized spacial score (nSPS) is 14.7. The number of thiazole rings is 2. The number of rotatable bonds is 5. The second-order valence-electron chi connectivity index (χ2n) is 6.64. The van der Waals surface area contributed by atoms with Crippen LogP contribution in [0, 0.1) is 19.7 Å². The highest BCUT2D eigenvalue weighted by molar-refractivity contribution is 7.22. The predicted octanol–water partition coefficient (Wildman–Crippen LogP) is 3.91. The van der Waals surface area contributed by atoms with E-state index in [1.54, 1.807) is 11.0 Å². The van der Waals surface area contributed by atoms with E-state index in [-0.39, 0.29) is 24.1 Å². The van der Waals surface area contributed by atoms with E-state index in [1.807, 2.05) is 19.9 Å². The van der Waals surface area contributed by atoms with Crippen LogP contribution in [0.5, 0.6) is 0 Å². The monoisotopic (exact) mass is 456 g/mol. The van der Waals surface area contributed by atoms with Gasteiger partial charge in [0, 0.05) is 26.2 Å². The summed E-state index contributed by atoms with van der Waals surface area (Å²) in [6.07, 6.45) is 0. The third-order valence-electron chi connectivity index (χ3n) is 4.68. The van der Waals surface area contributed by atoms with E-state index in [0.717, 1.165) is 28.5 Å². The van der Waals surface area contributed by atoms with Crippen LogP contribution >= 0.6 is 35.1 Å².